The summed E-state index contributed by atoms with van der Waals surface area (Å²) in [6.45, 7) is -11.5. The number of aliphatic hydroxyl groups excluding tert-OH is 2. The van der Waals surface area contributed by atoms with Crippen LogP contribution in [0.3, 0.4) is 0 Å². The fourth-order valence-corrected chi connectivity index (χ4v) is 15.2. The second-order valence-electron chi connectivity index (χ2n) is 16.4. The van der Waals surface area contributed by atoms with Gasteiger partial charge in [0.2, 0.25) is 0 Å². The van der Waals surface area contributed by atoms with Crippen molar-refractivity contribution >= 4 is 126 Å². The quantitative estimate of drug-likeness (QED) is 0.0330. The minimum Gasteiger partial charge on any atom is -0.453 e. The number of nitrogens with one attached hydrogen (secondary N) is 2. The third-order valence-corrected chi connectivity index (χ3v) is 19.7. The number of esters is 2. The zero-order valence-corrected chi connectivity index (χ0v) is 48.2. The summed E-state index contributed by atoms with van der Waals surface area (Å²) in [6, 6.07) is 12.6. The van der Waals surface area contributed by atoms with E-state index in [0.717, 1.165) is 12.7 Å². The average molecular weight is 1310 g/mol. The van der Waals surface area contributed by atoms with Crippen LogP contribution < -0.4 is 22.1 Å². The summed E-state index contributed by atoms with van der Waals surface area (Å²) in [7, 11) is -19.0. The van der Waals surface area contributed by atoms with Gasteiger partial charge in [-0.1, -0.05) is 24.3 Å². The Hall–Kier alpha value is -4.82. The van der Waals surface area contributed by atoms with E-state index in [1.165, 1.54) is 33.9 Å². The Balaban J connectivity index is 0.000000236. The lowest BCUT2D eigenvalue weighted by Crippen LogP contribution is -2.38. The van der Waals surface area contributed by atoms with Gasteiger partial charge >= 0.3 is 56.7 Å². The highest BCUT2D eigenvalue weighted by molar-refractivity contribution is 8.08. The lowest BCUT2D eigenvalue weighted by atomic mass is 10.1. The largest absolute Gasteiger partial charge is 0.488 e. The number of anilines is 4. The van der Waals surface area contributed by atoms with E-state index in [1.54, 1.807) is 50.5 Å². The highest BCUT2D eigenvalue weighted by atomic mass is 32.5. The summed E-state index contributed by atoms with van der Waals surface area (Å²) in [4.78, 5) is 125. The number of fused-ring (bicyclic) bond motifs is 2. The molecule has 2 fully saturated rings. The summed E-state index contributed by atoms with van der Waals surface area (Å²) in [5.74, 6) is -1.73. The number of aromatic nitrogens is 8. The summed E-state index contributed by atoms with van der Waals surface area (Å²) in [5, 5.41) is 27.9. The average Bonchev–Trinajstić information content (AvgIpc) is 4.38. The number of benzene rings is 2. The molecule has 448 valence electrons. The first-order valence-electron chi connectivity index (χ1n) is 22.3. The van der Waals surface area contributed by atoms with Crippen LogP contribution >= 0.6 is 44.7 Å². The van der Waals surface area contributed by atoms with E-state index in [9.17, 15) is 57.6 Å². The number of ether oxygens (including phenoxy) is 4. The SMILES string of the molecule is CNc1ccccc1C(=O)O[C@@H]1[C@H](O)[C@@H](COP(=O)(O)OP(=O)(O)OP(O)(O)=S)O[C@H]1n1cnc2c(N)ncnc21.CNc1ccccc1C(=O)O[C@H]1[C@@H](O)[C@H](n2cnc3c(N)ncnc32)O[C@@H]1COP(=O)(O)OP(=O)(O)OP(O)(O)=S. The maximum Gasteiger partial charge on any atom is 0.488 e. The van der Waals surface area contributed by atoms with Crippen molar-refractivity contribution in [1.82, 2.24) is 39.0 Å². The molecule has 0 amide bonds. The van der Waals surface area contributed by atoms with Crippen molar-refractivity contribution in [2.24, 2.45) is 0 Å². The van der Waals surface area contributed by atoms with Crippen molar-refractivity contribution in [2.45, 2.75) is 49.1 Å². The zero-order valence-electron chi connectivity index (χ0n) is 41.2. The topological polar surface area (TPSA) is 560 Å². The number of nitrogens with two attached hydrogens (primary N) is 2. The van der Waals surface area contributed by atoms with E-state index < -0.39 is 119 Å². The Morgan fingerprint density at radius 3 is 1.41 bits per heavy atom. The standard InChI is InChI=1S/2C18H23N6O13P3S/c1-20-10-5-3-2-4-9(10)18(26)35-14-11(6-33-38(27,28)36-39(29,30)37-40(31,32)41)34-17(13(14)25)24-8-23-12-15(19)21-7-22-16(12)24;1-20-10-5-3-2-4-9(10)18(26)35-14-13(25)11(6-33-38(27,28)36-39(29,30)37-40(31,32)41)34-17(14)24-8-23-12-15(19)21-7-22-16(12)24/h2*2-5,7-8,11,13-14,17,20,25H,6H2,1H3,(H,27,28)(H,29,30)(H2,19,21,22)(H2,31,32,41)/t2*11-,13-,14-,17-/m11/s1. The molecular formula is C36H46N12O26P6S2. The van der Waals surface area contributed by atoms with E-state index in [1.807, 2.05) is 0 Å². The first kappa shape index (κ1) is 64.7. The van der Waals surface area contributed by atoms with Crippen molar-refractivity contribution in [3.63, 3.8) is 0 Å². The van der Waals surface area contributed by atoms with Gasteiger partial charge in [-0.05, 0) is 47.9 Å². The van der Waals surface area contributed by atoms with E-state index in [0.29, 0.717) is 11.4 Å². The van der Waals surface area contributed by atoms with Crippen LogP contribution in [0.1, 0.15) is 33.2 Å². The van der Waals surface area contributed by atoms with Gasteiger partial charge in [-0.3, -0.25) is 18.2 Å². The Kier molecular flexibility index (Phi) is 20.4. The molecule has 2 aliphatic heterocycles. The van der Waals surface area contributed by atoms with Gasteiger partial charge in [0.15, 0.2) is 47.6 Å². The van der Waals surface area contributed by atoms with Crippen LogP contribution in [0.4, 0.5) is 23.0 Å². The van der Waals surface area contributed by atoms with Crippen molar-refractivity contribution in [3.05, 3.63) is 85.0 Å². The van der Waals surface area contributed by atoms with Gasteiger partial charge in [0.25, 0.3) is 0 Å². The normalized spacial score (nSPS) is 24.0. The molecule has 6 heterocycles. The van der Waals surface area contributed by atoms with Crippen LogP contribution in [0.2, 0.25) is 0 Å². The van der Waals surface area contributed by atoms with E-state index in [4.69, 9.17) is 54.5 Å². The summed E-state index contributed by atoms with van der Waals surface area (Å²) < 4.78 is 98.5. The van der Waals surface area contributed by atoms with E-state index in [2.05, 4.69) is 85.9 Å². The van der Waals surface area contributed by atoms with Gasteiger partial charge < -0.3 is 90.4 Å². The second-order valence-corrected chi connectivity index (χ2v) is 28.1. The van der Waals surface area contributed by atoms with Crippen LogP contribution in [0.5, 0.6) is 0 Å². The van der Waals surface area contributed by atoms with Crippen molar-refractivity contribution in [2.75, 3.05) is 49.4 Å². The number of para-hydroxylation sites is 2. The molecule has 2 aliphatic rings. The maximum absolute atomic E-state index is 13.1. The van der Waals surface area contributed by atoms with Gasteiger partial charge in [0, 0.05) is 25.5 Å². The van der Waals surface area contributed by atoms with Gasteiger partial charge in [-0.25, -0.2) is 66.4 Å². The summed E-state index contributed by atoms with van der Waals surface area (Å²) >= 11 is 8.08. The van der Waals surface area contributed by atoms with Crippen molar-refractivity contribution in [3.8, 4) is 0 Å². The fraction of sp³-hybridized carbons (Fsp3) is 0.333. The molecule has 16 N–H and O–H groups in total. The molecule has 0 aliphatic carbocycles. The number of hydrogen-bond acceptors (Lipinski definition) is 30. The van der Waals surface area contributed by atoms with Gasteiger partial charge in [0.1, 0.15) is 48.1 Å². The van der Waals surface area contributed by atoms with Crippen LogP contribution in [-0.4, -0.2) is 164 Å². The molecule has 0 saturated carbocycles. The van der Waals surface area contributed by atoms with Gasteiger partial charge in [0.05, 0.1) is 37.0 Å². The van der Waals surface area contributed by atoms with Crippen LogP contribution in [-0.2, 0) is 87.1 Å². The molecule has 12 atom stereocenters. The molecule has 2 aromatic carbocycles. The number of imidazole rings is 2. The second kappa shape index (κ2) is 25.8. The van der Waals surface area contributed by atoms with Gasteiger partial charge in [-0.2, -0.15) is 8.62 Å². The fourth-order valence-electron chi connectivity index (χ4n) is 7.62. The first-order chi connectivity index (χ1) is 38.2. The number of aliphatic hydroxyl groups is 2. The number of phosphoric ester groups is 2. The Morgan fingerprint density at radius 2 is 0.976 bits per heavy atom. The highest BCUT2D eigenvalue weighted by Gasteiger charge is 2.52. The molecule has 38 nitrogen and oxygen atoms in total. The molecule has 6 aromatic rings. The number of hydrogen-bond donors (Lipinski definition) is 14. The van der Waals surface area contributed by atoms with E-state index >= 15 is 0 Å². The van der Waals surface area contributed by atoms with Crippen LogP contribution in [0.15, 0.2) is 73.8 Å². The van der Waals surface area contributed by atoms with E-state index in [-0.39, 0.29) is 45.1 Å². The number of nitrogen functional groups attached to an aromatic ring is 2. The molecule has 4 aromatic heterocycles. The molecule has 46 heteroatoms. The summed E-state index contributed by atoms with van der Waals surface area (Å²) in [6.07, 6.45) is -7.42. The lowest BCUT2D eigenvalue weighted by molar-refractivity contribution is -0.0557. The first-order valence-corrected chi connectivity index (χ1v) is 33.5. The number of rotatable bonds is 22. The number of carbonyl (C=O) groups is 2. The molecular weight excluding hydrogens is 1270 g/mol. The molecule has 8 rings (SSSR count). The lowest BCUT2D eigenvalue weighted by Gasteiger charge is -2.22. The smallest absolute Gasteiger partial charge is 0.453 e. The predicted octanol–water partition coefficient (Wildman–Crippen LogP) is 0.788. The molecule has 4 unspecified atom stereocenters. The monoisotopic (exact) mass is 1310 g/mol. The third-order valence-electron chi connectivity index (χ3n) is 10.9. The highest BCUT2D eigenvalue weighted by Crippen LogP contribution is 2.67. The Bertz CT molecular complexity index is 3640. The molecule has 2 saturated heterocycles. The predicted molar refractivity (Wildman–Crippen MR) is 283 cm³/mol. The minimum absolute atomic E-state index is 0.0222. The Labute approximate surface area is 468 Å². The number of nitrogens with zero attached hydrogens (tertiary/aromatic N) is 8. The number of carbonyl (C=O) groups excluding carboxylic acids is 2. The van der Waals surface area contributed by atoms with Gasteiger partial charge in [-0.15, -0.1) is 0 Å². The van der Waals surface area contributed by atoms with Crippen LogP contribution in [0.25, 0.3) is 22.3 Å². The molecule has 0 bridgehead atoms. The maximum atomic E-state index is 13.1. The molecule has 82 heavy (non-hydrogen) atoms. The summed E-state index contributed by atoms with van der Waals surface area (Å²) in [5.41, 5.74) is 13.2. The minimum atomic E-state index is -5.59. The van der Waals surface area contributed by atoms with Crippen molar-refractivity contribution in [1.29, 1.82) is 0 Å². The third kappa shape index (κ3) is 16.3. The molecule has 0 radical (unpaired) electrons. The Morgan fingerprint density at radius 1 is 0.573 bits per heavy atom. The molecule has 0 spiro atoms. The number of phosphoric acid groups is 4. The van der Waals surface area contributed by atoms with Crippen LogP contribution in [0, 0.1) is 0 Å². The van der Waals surface area contributed by atoms with Crippen molar-refractivity contribution < 1.29 is 122 Å². The zero-order chi connectivity index (χ0) is 60.3.